The number of anilines is 1. The average molecular weight is 341 g/mol. The predicted octanol–water partition coefficient (Wildman–Crippen LogP) is 2.05. The summed E-state index contributed by atoms with van der Waals surface area (Å²) < 4.78 is 0.831. The number of rotatable bonds is 4. The Morgan fingerprint density at radius 3 is 2.75 bits per heavy atom. The van der Waals surface area contributed by atoms with E-state index in [4.69, 9.17) is 0 Å². The third-order valence-corrected chi connectivity index (χ3v) is 3.85. The second-order valence-corrected chi connectivity index (χ2v) is 5.99. The molecule has 20 heavy (non-hydrogen) atoms. The Morgan fingerprint density at radius 2 is 2.10 bits per heavy atom. The third kappa shape index (κ3) is 3.70. The number of piperazine rings is 1. The molecule has 1 aliphatic heterocycles. The van der Waals surface area contributed by atoms with Crippen LogP contribution < -0.4 is 5.32 Å². The minimum atomic E-state index is 0.0607. The molecule has 0 atom stereocenters. The highest BCUT2D eigenvalue weighted by Crippen LogP contribution is 2.20. The van der Waals surface area contributed by atoms with Gasteiger partial charge < -0.3 is 15.1 Å². The minimum Gasteiger partial charge on any atom is -0.369 e. The van der Waals surface area contributed by atoms with E-state index in [9.17, 15) is 4.79 Å². The zero-order chi connectivity index (χ0) is 14.5. The summed E-state index contributed by atoms with van der Waals surface area (Å²) in [5, 5.41) is 3.23. The molecule has 1 saturated heterocycles. The smallest absolute Gasteiger partial charge is 0.257 e. The van der Waals surface area contributed by atoms with Crippen molar-refractivity contribution in [2.24, 2.45) is 0 Å². The van der Waals surface area contributed by atoms with E-state index >= 15 is 0 Å². The number of nitrogens with zero attached hydrogens (tertiary/aromatic N) is 3. The second-order valence-electron chi connectivity index (χ2n) is 5.07. The van der Waals surface area contributed by atoms with Crippen LogP contribution in [-0.4, -0.2) is 60.5 Å². The van der Waals surface area contributed by atoms with Crippen molar-refractivity contribution in [3.8, 4) is 0 Å². The Kier molecular flexibility index (Phi) is 5.37. The fourth-order valence-corrected chi connectivity index (χ4v) is 2.50. The molecule has 0 saturated carbocycles. The molecule has 110 valence electrons. The molecule has 1 aliphatic rings. The van der Waals surface area contributed by atoms with Crippen LogP contribution in [0.2, 0.25) is 0 Å². The van der Waals surface area contributed by atoms with Gasteiger partial charge in [0.2, 0.25) is 0 Å². The summed E-state index contributed by atoms with van der Waals surface area (Å²) in [6.45, 7) is 6.30. The Balaban J connectivity index is 2.17. The lowest BCUT2D eigenvalue weighted by atomic mass is 10.2. The van der Waals surface area contributed by atoms with Crippen LogP contribution >= 0.6 is 15.9 Å². The van der Waals surface area contributed by atoms with Crippen LogP contribution in [0.5, 0.6) is 0 Å². The number of hydrogen-bond acceptors (Lipinski definition) is 4. The molecule has 0 aliphatic carbocycles. The van der Waals surface area contributed by atoms with Crippen LogP contribution in [0, 0.1) is 0 Å². The van der Waals surface area contributed by atoms with E-state index in [-0.39, 0.29) is 5.91 Å². The number of nitrogens with one attached hydrogen (secondary N) is 1. The van der Waals surface area contributed by atoms with Crippen molar-refractivity contribution in [3.63, 3.8) is 0 Å². The normalized spacial score (nSPS) is 16.2. The SMILES string of the molecule is CCCNc1ncc(Br)cc1C(=O)N1CCN(C)CC1. The summed E-state index contributed by atoms with van der Waals surface area (Å²) in [6.07, 6.45) is 2.72. The number of aromatic nitrogens is 1. The Bertz CT molecular complexity index is 472. The molecule has 2 rings (SSSR count). The van der Waals surface area contributed by atoms with Crippen molar-refractivity contribution >= 4 is 27.7 Å². The topological polar surface area (TPSA) is 48.5 Å². The summed E-state index contributed by atoms with van der Waals surface area (Å²) >= 11 is 3.40. The van der Waals surface area contributed by atoms with E-state index in [0.717, 1.165) is 43.6 Å². The quantitative estimate of drug-likeness (QED) is 0.911. The lowest BCUT2D eigenvalue weighted by molar-refractivity contribution is 0.0664. The van der Waals surface area contributed by atoms with Gasteiger partial charge >= 0.3 is 0 Å². The Labute approximate surface area is 128 Å². The molecule has 0 radical (unpaired) electrons. The molecule has 1 aromatic rings. The van der Waals surface area contributed by atoms with Crippen LogP contribution in [0.4, 0.5) is 5.82 Å². The molecule has 5 nitrogen and oxygen atoms in total. The first kappa shape index (κ1) is 15.3. The summed E-state index contributed by atoms with van der Waals surface area (Å²) in [6, 6.07) is 1.85. The number of hydrogen-bond donors (Lipinski definition) is 1. The number of pyridine rings is 1. The van der Waals surface area contributed by atoms with Crippen LogP contribution in [-0.2, 0) is 0 Å². The maximum atomic E-state index is 12.6. The van der Waals surface area contributed by atoms with Crippen molar-refractivity contribution < 1.29 is 4.79 Å². The number of likely N-dealkylation sites (N-methyl/N-ethyl adjacent to an activating group) is 1. The van der Waals surface area contributed by atoms with E-state index in [2.05, 4.69) is 45.1 Å². The first-order valence-electron chi connectivity index (χ1n) is 6.99. The van der Waals surface area contributed by atoms with Gasteiger partial charge in [-0.1, -0.05) is 6.92 Å². The van der Waals surface area contributed by atoms with Gasteiger partial charge in [-0.2, -0.15) is 0 Å². The van der Waals surface area contributed by atoms with Crippen LogP contribution in [0.1, 0.15) is 23.7 Å². The molecule has 0 aromatic carbocycles. The molecule has 0 bridgehead atoms. The Morgan fingerprint density at radius 1 is 1.40 bits per heavy atom. The van der Waals surface area contributed by atoms with Crippen molar-refractivity contribution in [2.75, 3.05) is 45.1 Å². The first-order valence-corrected chi connectivity index (χ1v) is 7.78. The van der Waals surface area contributed by atoms with E-state index < -0.39 is 0 Å². The van der Waals surface area contributed by atoms with Crippen molar-refractivity contribution in [1.29, 1.82) is 0 Å². The van der Waals surface area contributed by atoms with Gasteiger partial charge in [0, 0.05) is 43.4 Å². The molecule has 1 amide bonds. The molecular formula is C14H21BrN4O. The van der Waals surface area contributed by atoms with Crippen LogP contribution in [0.25, 0.3) is 0 Å². The minimum absolute atomic E-state index is 0.0607. The van der Waals surface area contributed by atoms with Crippen molar-refractivity contribution in [2.45, 2.75) is 13.3 Å². The van der Waals surface area contributed by atoms with Gasteiger partial charge in [-0.05, 0) is 35.5 Å². The van der Waals surface area contributed by atoms with Gasteiger partial charge in [0.25, 0.3) is 5.91 Å². The van der Waals surface area contributed by atoms with Gasteiger partial charge in [-0.3, -0.25) is 4.79 Å². The van der Waals surface area contributed by atoms with Crippen molar-refractivity contribution in [3.05, 3.63) is 22.3 Å². The van der Waals surface area contributed by atoms with E-state index in [1.807, 2.05) is 11.0 Å². The standard InChI is InChI=1S/C14H21BrN4O/c1-3-4-16-13-12(9-11(15)10-17-13)14(20)19-7-5-18(2)6-8-19/h9-10H,3-8H2,1-2H3,(H,16,17). The van der Waals surface area contributed by atoms with E-state index in [1.54, 1.807) is 6.20 Å². The monoisotopic (exact) mass is 340 g/mol. The number of carbonyl (C=O) groups is 1. The molecule has 6 heteroatoms. The highest BCUT2D eigenvalue weighted by atomic mass is 79.9. The zero-order valence-electron chi connectivity index (χ0n) is 12.0. The largest absolute Gasteiger partial charge is 0.369 e. The van der Waals surface area contributed by atoms with Crippen LogP contribution in [0.3, 0.4) is 0 Å². The molecule has 0 unspecified atom stereocenters. The molecule has 1 fully saturated rings. The molecule has 0 spiro atoms. The van der Waals surface area contributed by atoms with Gasteiger partial charge in [-0.25, -0.2) is 4.98 Å². The number of halogens is 1. The van der Waals surface area contributed by atoms with Crippen molar-refractivity contribution in [1.82, 2.24) is 14.8 Å². The summed E-state index contributed by atoms with van der Waals surface area (Å²) in [4.78, 5) is 21.1. The van der Waals surface area contributed by atoms with Gasteiger partial charge in [0.15, 0.2) is 0 Å². The lowest BCUT2D eigenvalue weighted by Crippen LogP contribution is -2.47. The fraction of sp³-hybridized carbons (Fsp3) is 0.571. The number of carbonyl (C=O) groups excluding carboxylic acids is 1. The summed E-state index contributed by atoms with van der Waals surface area (Å²) in [5.41, 5.74) is 0.650. The van der Waals surface area contributed by atoms with Crippen LogP contribution in [0.15, 0.2) is 16.7 Å². The maximum absolute atomic E-state index is 12.6. The number of amides is 1. The second kappa shape index (κ2) is 7.04. The maximum Gasteiger partial charge on any atom is 0.257 e. The predicted molar refractivity (Wildman–Crippen MR) is 84.1 cm³/mol. The van der Waals surface area contributed by atoms with Gasteiger partial charge in [0.05, 0.1) is 5.56 Å². The highest BCUT2D eigenvalue weighted by Gasteiger charge is 2.23. The summed E-state index contributed by atoms with van der Waals surface area (Å²) in [7, 11) is 2.08. The summed E-state index contributed by atoms with van der Waals surface area (Å²) in [5.74, 6) is 0.740. The molecule has 1 aromatic heterocycles. The lowest BCUT2D eigenvalue weighted by Gasteiger charge is -2.32. The van der Waals surface area contributed by atoms with E-state index in [1.165, 1.54) is 0 Å². The molecule has 1 N–H and O–H groups in total. The first-order chi connectivity index (χ1) is 9.61. The fourth-order valence-electron chi connectivity index (χ4n) is 2.17. The molecular weight excluding hydrogens is 320 g/mol. The van der Waals surface area contributed by atoms with E-state index in [0.29, 0.717) is 11.4 Å². The zero-order valence-corrected chi connectivity index (χ0v) is 13.6. The van der Waals surface area contributed by atoms with Gasteiger partial charge in [0.1, 0.15) is 5.82 Å². The third-order valence-electron chi connectivity index (χ3n) is 3.42. The Hall–Kier alpha value is -1.14. The average Bonchev–Trinajstić information content (AvgIpc) is 2.46. The highest BCUT2D eigenvalue weighted by molar-refractivity contribution is 9.10. The molecule has 2 heterocycles. The van der Waals surface area contributed by atoms with Gasteiger partial charge in [-0.15, -0.1) is 0 Å².